The predicted molar refractivity (Wildman–Crippen MR) is 57.5 cm³/mol. The summed E-state index contributed by atoms with van der Waals surface area (Å²) in [6.07, 6.45) is 11.9. The number of terminal acetylenes is 1. The van der Waals surface area contributed by atoms with Crippen molar-refractivity contribution in [3.8, 4) is 12.3 Å². The topological polar surface area (TPSA) is 12.0 Å². The molecule has 1 aliphatic carbocycles. The Hall–Kier alpha value is -0.480. The molecule has 1 fully saturated rings. The molecule has 0 aromatic heterocycles. The minimum absolute atomic E-state index is 0.291. The SMILES string of the molecule is C#CC(CCC)NC(C)CC1CC1. The van der Waals surface area contributed by atoms with Crippen LogP contribution in [0.3, 0.4) is 0 Å². The summed E-state index contributed by atoms with van der Waals surface area (Å²) in [6.45, 7) is 4.43. The molecule has 0 aliphatic heterocycles. The minimum Gasteiger partial charge on any atom is -0.301 e. The van der Waals surface area contributed by atoms with E-state index >= 15 is 0 Å². The molecule has 1 saturated carbocycles. The zero-order valence-electron chi connectivity index (χ0n) is 8.84. The molecule has 1 aliphatic rings. The lowest BCUT2D eigenvalue weighted by Crippen LogP contribution is -2.35. The van der Waals surface area contributed by atoms with Crippen molar-refractivity contribution < 1.29 is 0 Å². The molecule has 0 radical (unpaired) electrons. The van der Waals surface area contributed by atoms with Crippen molar-refractivity contribution in [2.45, 2.75) is 58.0 Å². The van der Waals surface area contributed by atoms with Crippen molar-refractivity contribution in [1.82, 2.24) is 5.32 Å². The maximum Gasteiger partial charge on any atom is 0.0688 e. The molecular weight excluding hydrogens is 158 g/mol. The van der Waals surface area contributed by atoms with Gasteiger partial charge in [0, 0.05) is 6.04 Å². The van der Waals surface area contributed by atoms with Gasteiger partial charge in [0.25, 0.3) is 0 Å². The maximum atomic E-state index is 5.44. The van der Waals surface area contributed by atoms with Gasteiger partial charge in [0.1, 0.15) is 0 Å². The highest BCUT2D eigenvalue weighted by molar-refractivity contribution is 4.99. The van der Waals surface area contributed by atoms with E-state index in [1.54, 1.807) is 0 Å². The summed E-state index contributed by atoms with van der Waals surface area (Å²) >= 11 is 0. The van der Waals surface area contributed by atoms with Gasteiger partial charge in [-0.15, -0.1) is 6.42 Å². The van der Waals surface area contributed by atoms with Crippen LogP contribution in [0.15, 0.2) is 0 Å². The Morgan fingerprint density at radius 2 is 2.23 bits per heavy atom. The van der Waals surface area contributed by atoms with Crippen molar-refractivity contribution in [3.05, 3.63) is 0 Å². The first-order valence-corrected chi connectivity index (χ1v) is 5.48. The van der Waals surface area contributed by atoms with Gasteiger partial charge in [-0.25, -0.2) is 0 Å². The lowest BCUT2D eigenvalue weighted by Gasteiger charge is -2.18. The molecule has 1 nitrogen and oxygen atoms in total. The second kappa shape index (κ2) is 5.29. The minimum atomic E-state index is 0.291. The van der Waals surface area contributed by atoms with Crippen LogP contribution in [0.4, 0.5) is 0 Å². The third-order valence-electron chi connectivity index (χ3n) is 2.65. The highest BCUT2D eigenvalue weighted by atomic mass is 14.9. The van der Waals surface area contributed by atoms with Gasteiger partial charge < -0.3 is 5.32 Å². The van der Waals surface area contributed by atoms with Crippen LogP contribution in [0.25, 0.3) is 0 Å². The van der Waals surface area contributed by atoms with Gasteiger partial charge in [0.15, 0.2) is 0 Å². The molecule has 2 unspecified atom stereocenters. The van der Waals surface area contributed by atoms with E-state index in [4.69, 9.17) is 6.42 Å². The Morgan fingerprint density at radius 3 is 2.69 bits per heavy atom. The van der Waals surface area contributed by atoms with Crippen molar-refractivity contribution >= 4 is 0 Å². The molecule has 0 heterocycles. The van der Waals surface area contributed by atoms with Crippen LogP contribution < -0.4 is 5.32 Å². The lowest BCUT2D eigenvalue weighted by atomic mass is 10.1. The molecule has 74 valence electrons. The van der Waals surface area contributed by atoms with Gasteiger partial charge in [-0.2, -0.15) is 0 Å². The molecule has 13 heavy (non-hydrogen) atoms. The van der Waals surface area contributed by atoms with Gasteiger partial charge in [-0.1, -0.05) is 32.1 Å². The molecule has 1 rings (SSSR count). The van der Waals surface area contributed by atoms with Crippen molar-refractivity contribution in [3.63, 3.8) is 0 Å². The first-order valence-electron chi connectivity index (χ1n) is 5.48. The predicted octanol–water partition coefficient (Wildman–Crippen LogP) is 2.57. The monoisotopic (exact) mass is 179 g/mol. The largest absolute Gasteiger partial charge is 0.301 e. The van der Waals surface area contributed by atoms with Crippen LogP contribution in [0, 0.1) is 18.3 Å². The van der Waals surface area contributed by atoms with E-state index in [2.05, 4.69) is 25.1 Å². The molecule has 0 aromatic carbocycles. The summed E-state index contributed by atoms with van der Waals surface area (Å²) in [7, 11) is 0. The summed E-state index contributed by atoms with van der Waals surface area (Å²) in [5.41, 5.74) is 0. The first-order chi connectivity index (χ1) is 6.26. The van der Waals surface area contributed by atoms with E-state index in [1.807, 2.05) is 0 Å². The highest BCUT2D eigenvalue weighted by Crippen LogP contribution is 2.33. The normalized spacial score (nSPS) is 20.7. The Balaban J connectivity index is 2.15. The third-order valence-corrected chi connectivity index (χ3v) is 2.65. The van der Waals surface area contributed by atoms with Gasteiger partial charge in [0.05, 0.1) is 6.04 Å². The van der Waals surface area contributed by atoms with Crippen LogP contribution in [0.1, 0.15) is 46.0 Å². The van der Waals surface area contributed by atoms with E-state index in [1.165, 1.54) is 19.3 Å². The Kier molecular flexibility index (Phi) is 4.32. The quantitative estimate of drug-likeness (QED) is 0.618. The average molecular weight is 179 g/mol. The zero-order valence-corrected chi connectivity index (χ0v) is 8.84. The van der Waals surface area contributed by atoms with Gasteiger partial charge >= 0.3 is 0 Å². The molecule has 0 spiro atoms. The lowest BCUT2D eigenvalue weighted by molar-refractivity contribution is 0.442. The molecule has 0 bridgehead atoms. The summed E-state index contributed by atoms with van der Waals surface area (Å²) in [5.74, 6) is 3.80. The van der Waals surface area contributed by atoms with E-state index in [9.17, 15) is 0 Å². The van der Waals surface area contributed by atoms with Crippen LogP contribution in [0.2, 0.25) is 0 Å². The molecule has 2 atom stereocenters. The van der Waals surface area contributed by atoms with Crippen LogP contribution >= 0.6 is 0 Å². The fourth-order valence-corrected chi connectivity index (χ4v) is 1.77. The Labute approximate surface area is 82.3 Å². The maximum absolute atomic E-state index is 5.44. The summed E-state index contributed by atoms with van der Waals surface area (Å²) in [4.78, 5) is 0. The van der Waals surface area contributed by atoms with E-state index in [-0.39, 0.29) is 0 Å². The van der Waals surface area contributed by atoms with Crippen molar-refractivity contribution in [1.29, 1.82) is 0 Å². The second-order valence-electron chi connectivity index (χ2n) is 4.25. The third kappa shape index (κ3) is 4.33. The first kappa shape index (κ1) is 10.6. The molecule has 0 saturated heterocycles. The van der Waals surface area contributed by atoms with Gasteiger partial charge in [-0.3, -0.25) is 0 Å². The van der Waals surface area contributed by atoms with Gasteiger partial charge in [-0.05, 0) is 25.7 Å². The highest BCUT2D eigenvalue weighted by Gasteiger charge is 2.23. The Bertz CT molecular complexity index is 176. The fraction of sp³-hybridized carbons (Fsp3) is 0.833. The van der Waals surface area contributed by atoms with Gasteiger partial charge in [0.2, 0.25) is 0 Å². The second-order valence-corrected chi connectivity index (χ2v) is 4.25. The van der Waals surface area contributed by atoms with Crippen LogP contribution in [-0.4, -0.2) is 12.1 Å². The molecular formula is C12H21N. The summed E-state index contributed by atoms with van der Waals surface area (Å²) < 4.78 is 0. The van der Waals surface area contributed by atoms with Crippen LogP contribution in [0.5, 0.6) is 0 Å². The Morgan fingerprint density at radius 1 is 1.54 bits per heavy atom. The summed E-state index contributed by atoms with van der Waals surface area (Å²) in [5, 5.41) is 3.50. The molecule has 0 amide bonds. The molecule has 0 aromatic rings. The molecule has 1 heteroatoms. The zero-order chi connectivity index (χ0) is 9.68. The van der Waals surface area contributed by atoms with Crippen LogP contribution in [-0.2, 0) is 0 Å². The number of nitrogens with one attached hydrogen (secondary N) is 1. The van der Waals surface area contributed by atoms with Crippen molar-refractivity contribution in [2.24, 2.45) is 5.92 Å². The number of hydrogen-bond donors (Lipinski definition) is 1. The van der Waals surface area contributed by atoms with E-state index in [0.717, 1.165) is 18.8 Å². The van der Waals surface area contributed by atoms with E-state index < -0.39 is 0 Å². The number of rotatable bonds is 6. The molecule has 1 N–H and O–H groups in total. The van der Waals surface area contributed by atoms with E-state index in [0.29, 0.717) is 12.1 Å². The smallest absolute Gasteiger partial charge is 0.0688 e. The standard InChI is InChI=1S/C12H21N/c1-4-6-12(5-2)13-10(3)9-11-7-8-11/h2,10-13H,4,6-9H2,1,3H3. The average Bonchev–Trinajstić information content (AvgIpc) is 2.87. The van der Waals surface area contributed by atoms with Crippen molar-refractivity contribution in [2.75, 3.05) is 0 Å². The summed E-state index contributed by atoms with van der Waals surface area (Å²) in [6, 6.07) is 0.888. The fourth-order valence-electron chi connectivity index (χ4n) is 1.77. The number of hydrogen-bond acceptors (Lipinski definition) is 1.